The van der Waals surface area contributed by atoms with Gasteiger partial charge in [-0.15, -0.1) is 11.3 Å². The average Bonchev–Trinajstić information content (AvgIpc) is 4.27. The number of aliphatic hydroxyl groups excluding tert-OH is 1. The number of nitrogens with zero attached hydrogens (tertiary/aromatic N) is 10. The number of para-hydroxylation sites is 1. The largest absolute Gasteiger partial charge is 0.508 e. The van der Waals surface area contributed by atoms with Crippen molar-refractivity contribution in [3.63, 3.8) is 0 Å². The maximum absolute atomic E-state index is 14.4. The molecule has 20 heteroatoms. The Bertz CT molecular complexity index is 3180. The molecule has 5 aromatic rings. The molecule has 446 valence electrons. The number of fused-ring (bicyclic) bond motifs is 2. The van der Waals surface area contributed by atoms with Gasteiger partial charge in [0.2, 0.25) is 17.7 Å². The van der Waals surface area contributed by atoms with E-state index in [1.165, 1.54) is 4.90 Å². The van der Waals surface area contributed by atoms with Crippen LogP contribution in [0.5, 0.6) is 11.6 Å². The number of rotatable bonds is 18. The zero-order valence-corrected chi connectivity index (χ0v) is 49.8. The number of aromatic hydroxyl groups is 1. The molecule has 0 radical (unpaired) electrons. The third-order valence-corrected chi connectivity index (χ3v) is 19.7. The number of aryl methyl sites for hydroxylation is 1. The van der Waals surface area contributed by atoms with Crippen LogP contribution in [0.1, 0.15) is 106 Å². The molecule has 7 aliphatic rings. The molecule has 2 amide bonds. The van der Waals surface area contributed by atoms with Gasteiger partial charge in [0.25, 0.3) is 0 Å². The first-order valence-electron chi connectivity index (χ1n) is 30.4. The summed E-state index contributed by atoms with van der Waals surface area (Å²) in [5, 5.41) is 29.1. The molecule has 6 fully saturated rings. The Hall–Kier alpha value is -6.84. The lowest BCUT2D eigenvalue weighted by atomic mass is 9.90. The number of aliphatic imine (C=N–C) groups is 1. The van der Waals surface area contributed by atoms with E-state index in [1.54, 1.807) is 17.4 Å². The fourth-order valence-electron chi connectivity index (χ4n) is 13.8. The van der Waals surface area contributed by atoms with Crippen LogP contribution in [0, 0.1) is 12.8 Å². The fourth-order valence-corrected chi connectivity index (χ4v) is 14.6. The molecule has 1 saturated carbocycles. The van der Waals surface area contributed by atoms with Gasteiger partial charge >= 0.3 is 0 Å². The normalized spacial score (nSPS) is 26.0. The molecule has 7 atom stereocenters. The first-order valence-corrected chi connectivity index (χ1v) is 31.3. The number of piperazine rings is 2. The fraction of sp³-hybridized carbons (Fsp3) is 0.531. The zero-order chi connectivity index (χ0) is 58.2. The second kappa shape index (κ2) is 25.0. The summed E-state index contributed by atoms with van der Waals surface area (Å²) in [5.74, 6) is 1.15. The third-order valence-electron chi connectivity index (χ3n) is 18.7. The number of β-amino-alcohol motifs (C(OH)–C–C–N with tert-alkyl or cyclic N) is 1. The van der Waals surface area contributed by atoms with Crippen LogP contribution in [0.4, 0.5) is 11.5 Å². The number of aliphatic hydroxyl groups is 1. The van der Waals surface area contributed by atoms with Gasteiger partial charge in [-0.2, -0.15) is 0 Å². The number of allylic oxidation sites excluding steroid dienone is 1. The van der Waals surface area contributed by atoms with Crippen LogP contribution in [-0.4, -0.2) is 184 Å². The Morgan fingerprint density at radius 3 is 2.29 bits per heavy atom. The van der Waals surface area contributed by atoms with Crippen molar-refractivity contribution in [2.75, 3.05) is 88.3 Å². The number of thiazole rings is 1. The SMILES string of the molecule is C=C1CN=C(N)C(N2CC3CCC(C2)N3c2ccnc(O[C@H]3C[C@H](OC4CCN(CCN5CCN(c6cc([C@H](C(=O)N7C[C@H](O)C[C@H]7C(=O)N[C@@H](C)c7ccc(-c8scnc8C)cc7)C(C)C)on6)CC5)CC4)C3)c2)=CC1c1ccccc1O. The smallest absolute Gasteiger partial charge is 0.243 e. The second-order valence-corrected chi connectivity index (χ2v) is 25.5. The monoisotopic (exact) mass is 1160 g/mol. The number of pyridine rings is 1. The summed E-state index contributed by atoms with van der Waals surface area (Å²) >= 11 is 1.60. The molecule has 1 aliphatic carbocycles. The standard InChI is InChI=1S/C64H82N12O7S/c1-39(2)60(64(80)75-37-48(77)29-55(75)63(79)69-41(4)43-10-12-44(13-11-43)61-42(5)68-38-84-61)57-33-58(70-83-57)73-26-24-72(25-27-73)23-22-71-20-17-49(18-21-71)81-50-30-51(31-50)82-59-28-45(16-19-66-59)76-46-14-15-47(76)36-74(35-46)54-32-53(40(3)34-67-62(54)65)52-8-6-7-9-56(52)78/h6-13,16,19,28,32-33,38-39,41,46-51,53,55,60,77-78H,3,14-15,17-18,20-27,29-31,34-37H2,1-2,4-5H3,(H2,65,67)(H,69,79)/t41-,46?,47?,48+,50-,51-,53?,55-,60+/m0/s1. The van der Waals surface area contributed by atoms with Crippen LogP contribution < -0.4 is 25.6 Å². The quantitative estimate of drug-likeness (QED) is 0.0636. The average molecular weight is 1160 g/mol. The van der Waals surface area contributed by atoms with E-state index in [2.05, 4.69) is 69.7 Å². The topological polar surface area (TPSA) is 215 Å². The lowest BCUT2D eigenvalue weighted by Crippen LogP contribution is -2.54. The highest BCUT2D eigenvalue weighted by Gasteiger charge is 2.45. The molecule has 19 nitrogen and oxygen atoms in total. The van der Waals surface area contributed by atoms with Gasteiger partial charge < -0.3 is 59.8 Å². The maximum Gasteiger partial charge on any atom is 0.243 e. The Kier molecular flexibility index (Phi) is 17.1. The number of amides is 2. The van der Waals surface area contributed by atoms with E-state index in [-0.39, 0.29) is 66.7 Å². The van der Waals surface area contributed by atoms with Crippen molar-refractivity contribution in [1.82, 2.24) is 40.0 Å². The number of piperidine rings is 1. The summed E-state index contributed by atoms with van der Waals surface area (Å²) in [6, 6.07) is 21.2. The van der Waals surface area contributed by atoms with E-state index in [9.17, 15) is 19.8 Å². The van der Waals surface area contributed by atoms with E-state index < -0.39 is 18.1 Å². The van der Waals surface area contributed by atoms with Crippen LogP contribution >= 0.6 is 11.3 Å². The van der Waals surface area contributed by atoms with Gasteiger partial charge in [-0.3, -0.25) is 19.5 Å². The predicted octanol–water partition coefficient (Wildman–Crippen LogP) is 7.25. The van der Waals surface area contributed by atoms with Crippen molar-refractivity contribution in [3.05, 3.63) is 125 Å². The number of carbonyl (C=O) groups is 2. The molecule has 0 spiro atoms. The van der Waals surface area contributed by atoms with Crippen molar-refractivity contribution in [3.8, 4) is 22.1 Å². The molecular formula is C64H82N12O7S. The van der Waals surface area contributed by atoms with Crippen LogP contribution in [0.3, 0.4) is 0 Å². The maximum atomic E-state index is 14.4. The summed E-state index contributed by atoms with van der Waals surface area (Å²) in [4.78, 5) is 56.9. The molecular weight excluding hydrogens is 1080 g/mol. The number of aromatic nitrogens is 3. The first kappa shape index (κ1) is 57.6. The summed E-state index contributed by atoms with van der Waals surface area (Å²) < 4.78 is 19.1. The van der Waals surface area contributed by atoms with Crippen molar-refractivity contribution in [1.29, 1.82) is 0 Å². The molecule has 84 heavy (non-hydrogen) atoms. The van der Waals surface area contributed by atoms with Gasteiger partial charge in [-0.05, 0) is 80.4 Å². The van der Waals surface area contributed by atoms with Crippen LogP contribution in [0.25, 0.3) is 10.4 Å². The molecule has 12 rings (SSSR count). The lowest BCUT2D eigenvalue weighted by Gasteiger charge is -2.44. The van der Waals surface area contributed by atoms with Crippen molar-refractivity contribution in [2.45, 2.75) is 133 Å². The minimum atomic E-state index is -0.805. The number of phenols is 1. The van der Waals surface area contributed by atoms with Gasteiger partial charge in [0.05, 0.1) is 52.7 Å². The molecule has 3 unspecified atom stereocenters. The number of hydrogen-bond donors (Lipinski definition) is 4. The van der Waals surface area contributed by atoms with E-state index in [0.29, 0.717) is 36.1 Å². The van der Waals surface area contributed by atoms with E-state index in [1.807, 2.05) is 87.9 Å². The number of hydrogen-bond acceptors (Lipinski definition) is 18. The van der Waals surface area contributed by atoms with E-state index in [4.69, 9.17) is 24.7 Å². The lowest BCUT2D eigenvalue weighted by molar-refractivity contribution is -0.141. The molecule has 9 heterocycles. The number of nitrogens with one attached hydrogen (secondary N) is 1. The molecule has 3 aromatic heterocycles. The number of amidine groups is 1. The van der Waals surface area contributed by atoms with Gasteiger partial charge in [0.15, 0.2) is 11.6 Å². The summed E-state index contributed by atoms with van der Waals surface area (Å²) in [6.45, 7) is 21.8. The Balaban J connectivity index is 0.555. The Morgan fingerprint density at radius 2 is 1.58 bits per heavy atom. The predicted molar refractivity (Wildman–Crippen MR) is 325 cm³/mol. The highest BCUT2D eigenvalue weighted by atomic mass is 32.1. The highest BCUT2D eigenvalue weighted by molar-refractivity contribution is 7.13. The molecule has 2 bridgehead atoms. The summed E-state index contributed by atoms with van der Waals surface area (Å²) in [6.07, 6.45) is 9.93. The van der Waals surface area contributed by atoms with Gasteiger partial charge in [0.1, 0.15) is 29.6 Å². The highest BCUT2D eigenvalue weighted by Crippen LogP contribution is 2.41. The number of carbonyl (C=O) groups excluding carboxylic acids is 2. The summed E-state index contributed by atoms with van der Waals surface area (Å²) in [5.41, 5.74) is 15.3. The van der Waals surface area contributed by atoms with Gasteiger partial charge in [-0.25, -0.2) is 9.97 Å². The minimum Gasteiger partial charge on any atom is -0.508 e. The number of benzene rings is 2. The van der Waals surface area contributed by atoms with Crippen LogP contribution in [-0.2, 0) is 14.3 Å². The zero-order valence-electron chi connectivity index (χ0n) is 49.0. The third kappa shape index (κ3) is 12.5. The van der Waals surface area contributed by atoms with Gasteiger partial charge in [-0.1, -0.05) is 68.0 Å². The second-order valence-electron chi connectivity index (χ2n) is 24.7. The van der Waals surface area contributed by atoms with Crippen LogP contribution in [0.15, 0.2) is 112 Å². The molecule has 2 aromatic carbocycles. The van der Waals surface area contributed by atoms with Crippen molar-refractivity contribution < 1.29 is 33.8 Å². The van der Waals surface area contributed by atoms with Gasteiger partial charge in [0, 0.05) is 139 Å². The Labute approximate surface area is 497 Å². The number of ether oxygens (including phenoxy) is 2. The number of anilines is 2. The number of likely N-dealkylation sites (tertiary alicyclic amines) is 3. The first-order chi connectivity index (χ1) is 40.7. The Morgan fingerprint density at radius 1 is 0.857 bits per heavy atom. The van der Waals surface area contributed by atoms with Crippen molar-refractivity contribution in [2.24, 2.45) is 16.6 Å². The number of phenolic OH excluding ortho intramolecular Hbond substituents is 1. The molecule has 6 aliphatic heterocycles. The van der Waals surface area contributed by atoms with Crippen molar-refractivity contribution >= 4 is 40.5 Å². The molecule has 5 saturated heterocycles. The summed E-state index contributed by atoms with van der Waals surface area (Å²) in [7, 11) is 0. The van der Waals surface area contributed by atoms with E-state index >= 15 is 0 Å². The minimum absolute atomic E-state index is 0.0819. The molecule has 5 N–H and O–H groups in total. The number of nitrogens with two attached hydrogens (primary N) is 1. The van der Waals surface area contributed by atoms with Crippen LogP contribution in [0.2, 0.25) is 0 Å². The van der Waals surface area contributed by atoms with E-state index in [0.717, 1.165) is 154 Å².